The molecule has 0 amide bonds. The van der Waals surface area contributed by atoms with Gasteiger partial charge in [-0.3, -0.25) is 4.90 Å². The van der Waals surface area contributed by atoms with Gasteiger partial charge in [0.2, 0.25) is 0 Å². The molecule has 0 aliphatic carbocycles. The molecule has 1 N–H and O–H groups in total. The van der Waals surface area contributed by atoms with E-state index >= 15 is 0 Å². The van der Waals surface area contributed by atoms with E-state index in [-0.39, 0.29) is 0 Å². The molecule has 2 unspecified atom stereocenters. The molecule has 0 bridgehead atoms. The molecule has 0 saturated heterocycles. The zero-order valence-electron chi connectivity index (χ0n) is 11.3. The van der Waals surface area contributed by atoms with Crippen LogP contribution in [-0.4, -0.2) is 31.7 Å². The van der Waals surface area contributed by atoms with E-state index in [0.29, 0.717) is 6.17 Å². The predicted octanol–water partition coefficient (Wildman–Crippen LogP) is 3.09. The van der Waals surface area contributed by atoms with Gasteiger partial charge in [0.1, 0.15) is 0 Å². The van der Waals surface area contributed by atoms with E-state index in [1.807, 2.05) is 0 Å². The van der Waals surface area contributed by atoms with Gasteiger partial charge in [0.25, 0.3) is 0 Å². The average Bonchev–Trinajstić information content (AvgIpc) is 2.20. The summed E-state index contributed by atoms with van der Waals surface area (Å²) in [4.78, 5) is 2.21. The third kappa shape index (κ3) is 8.88. The first-order chi connectivity index (χ1) is 7.07. The Hall–Kier alpha value is -0.0800. The molecule has 0 rings (SSSR count). The highest BCUT2D eigenvalue weighted by Crippen LogP contribution is 2.09. The van der Waals surface area contributed by atoms with Crippen LogP contribution in [0, 0.1) is 5.92 Å². The second kappa shape index (κ2) is 9.17. The van der Waals surface area contributed by atoms with Crippen LogP contribution in [0.5, 0.6) is 0 Å². The van der Waals surface area contributed by atoms with E-state index in [0.717, 1.165) is 12.5 Å². The highest BCUT2D eigenvalue weighted by atomic mass is 15.2. The summed E-state index contributed by atoms with van der Waals surface area (Å²) in [6.07, 6.45) is 7.39. The van der Waals surface area contributed by atoms with E-state index in [4.69, 9.17) is 0 Å². The van der Waals surface area contributed by atoms with Crippen molar-refractivity contribution in [3.05, 3.63) is 0 Å². The lowest BCUT2D eigenvalue weighted by Gasteiger charge is -2.23. The molecule has 0 spiro atoms. The molecule has 2 heteroatoms. The van der Waals surface area contributed by atoms with Gasteiger partial charge in [0.15, 0.2) is 0 Å². The lowest BCUT2D eigenvalue weighted by atomic mass is 10.0. The Morgan fingerprint density at radius 3 is 2.27 bits per heavy atom. The standard InChI is InChI=1S/C13H30N2/c1-6-7-8-9-10-12(2)11-14-13(3)15(4)5/h12-14H,6-11H2,1-5H3. The lowest BCUT2D eigenvalue weighted by Crippen LogP contribution is -2.40. The Morgan fingerprint density at radius 2 is 1.73 bits per heavy atom. The molecule has 0 aliphatic rings. The van der Waals surface area contributed by atoms with Crippen LogP contribution in [0.1, 0.15) is 52.9 Å². The average molecular weight is 214 g/mol. The number of rotatable bonds is 9. The van der Waals surface area contributed by atoms with Crippen LogP contribution in [0.15, 0.2) is 0 Å². The van der Waals surface area contributed by atoms with Crippen molar-refractivity contribution < 1.29 is 0 Å². The van der Waals surface area contributed by atoms with Crippen LogP contribution < -0.4 is 5.32 Å². The highest BCUT2D eigenvalue weighted by Gasteiger charge is 2.06. The molecular formula is C13H30N2. The van der Waals surface area contributed by atoms with Gasteiger partial charge in [-0.25, -0.2) is 0 Å². The third-order valence-electron chi connectivity index (χ3n) is 3.09. The van der Waals surface area contributed by atoms with Gasteiger partial charge in [0, 0.05) is 0 Å². The zero-order chi connectivity index (χ0) is 11.7. The zero-order valence-corrected chi connectivity index (χ0v) is 11.3. The number of unbranched alkanes of at least 4 members (excludes halogenated alkanes) is 3. The molecule has 0 fully saturated rings. The molecule has 0 aliphatic heterocycles. The first-order valence-electron chi connectivity index (χ1n) is 6.47. The summed E-state index contributed by atoms with van der Waals surface area (Å²) in [5.41, 5.74) is 0. The van der Waals surface area contributed by atoms with Crippen molar-refractivity contribution in [1.82, 2.24) is 10.2 Å². The van der Waals surface area contributed by atoms with E-state index < -0.39 is 0 Å². The maximum atomic E-state index is 3.55. The quantitative estimate of drug-likeness (QED) is 0.469. The van der Waals surface area contributed by atoms with Crippen molar-refractivity contribution in [3.63, 3.8) is 0 Å². The summed E-state index contributed by atoms with van der Waals surface area (Å²) < 4.78 is 0. The number of nitrogens with one attached hydrogen (secondary N) is 1. The highest BCUT2D eigenvalue weighted by molar-refractivity contribution is 4.62. The van der Waals surface area contributed by atoms with Gasteiger partial charge in [0.05, 0.1) is 6.17 Å². The second-order valence-corrected chi connectivity index (χ2v) is 5.00. The minimum atomic E-state index is 0.489. The molecule has 15 heavy (non-hydrogen) atoms. The third-order valence-corrected chi connectivity index (χ3v) is 3.09. The van der Waals surface area contributed by atoms with Crippen molar-refractivity contribution in [3.8, 4) is 0 Å². The van der Waals surface area contributed by atoms with Gasteiger partial charge >= 0.3 is 0 Å². The van der Waals surface area contributed by atoms with E-state index in [2.05, 4.69) is 45.1 Å². The normalized spacial score (nSPS) is 15.6. The number of hydrogen-bond donors (Lipinski definition) is 1. The van der Waals surface area contributed by atoms with Crippen LogP contribution in [0.2, 0.25) is 0 Å². The summed E-state index contributed by atoms with van der Waals surface area (Å²) in [5, 5.41) is 3.55. The fourth-order valence-electron chi connectivity index (χ4n) is 1.58. The largest absolute Gasteiger partial charge is 0.302 e. The smallest absolute Gasteiger partial charge is 0.0562 e. The van der Waals surface area contributed by atoms with Gasteiger partial charge in [-0.1, -0.05) is 39.5 Å². The second-order valence-electron chi connectivity index (χ2n) is 5.00. The Bertz CT molecular complexity index is 134. The maximum absolute atomic E-state index is 3.55. The number of nitrogens with zero attached hydrogens (tertiary/aromatic N) is 1. The van der Waals surface area contributed by atoms with Gasteiger partial charge < -0.3 is 5.32 Å². The lowest BCUT2D eigenvalue weighted by molar-refractivity contribution is 0.252. The monoisotopic (exact) mass is 214 g/mol. The molecule has 2 nitrogen and oxygen atoms in total. The molecular weight excluding hydrogens is 184 g/mol. The van der Waals surface area contributed by atoms with E-state index in [1.165, 1.54) is 32.1 Å². The molecule has 0 aromatic rings. The first kappa shape index (κ1) is 14.9. The van der Waals surface area contributed by atoms with Gasteiger partial charge in [-0.05, 0) is 39.9 Å². The molecule has 0 saturated carbocycles. The molecule has 0 aromatic heterocycles. The molecule has 0 heterocycles. The Labute approximate surface area is 96.4 Å². The summed E-state index contributed by atoms with van der Waals surface area (Å²) in [7, 11) is 4.23. The van der Waals surface area contributed by atoms with Gasteiger partial charge in [-0.2, -0.15) is 0 Å². The van der Waals surface area contributed by atoms with Gasteiger partial charge in [-0.15, -0.1) is 0 Å². The molecule has 0 aromatic carbocycles. The van der Waals surface area contributed by atoms with Crippen LogP contribution in [-0.2, 0) is 0 Å². The van der Waals surface area contributed by atoms with E-state index in [9.17, 15) is 0 Å². The fourth-order valence-corrected chi connectivity index (χ4v) is 1.58. The van der Waals surface area contributed by atoms with Crippen molar-refractivity contribution in [2.45, 2.75) is 59.0 Å². The van der Waals surface area contributed by atoms with Crippen molar-refractivity contribution in [1.29, 1.82) is 0 Å². The summed E-state index contributed by atoms with van der Waals surface area (Å²) in [6, 6.07) is 0. The maximum Gasteiger partial charge on any atom is 0.0562 e. The SMILES string of the molecule is CCCCCCC(C)CNC(C)N(C)C. The van der Waals surface area contributed by atoms with Crippen molar-refractivity contribution in [2.24, 2.45) is 5.92 Å². The van der Waals surface area contributed by atoms with Crippen LogP contribution in [0.4, 0.5) is 0 Å². The van der Waals surface area contributed by atoms with Crippen molar-refractivity contribution in [2.75, 3.05) is 20.6 Å². The Kier molecular flexibility index (Phi) is 9.12. The Morgan fingerprint density at radius 1 is 1.07 bits per heavy atom. The summed E-state index contributed by atoms with van der Waals surface area (Å²) in [5.74, 6) is 0.809. The number of hydrogen-bond acceptors (Lipinski definition) is 2. The summed E-state index contributed by atoms with van der Waals surface area (Å²) in [6.45, 7) is 7.97. The van der Waals surface area contributed by atoms with E-state index in [1.54, 1.807) is 0 Å². The molecule has 2 atom stereocenters. The minimum absolute atomic E-state index is 0.489. The predicted molar refractivity (Wildman–Crippen MR) is 69.1 cm³/mol. The summed E-state index contributed by atoms with van der Waals surface area (Å²) >= 11 is 0. The minimum Gasteiger partial charge on any atom is -0.302 e. The first-order valence-corrected chi connectivity index (χ1v) is 6.47. The Balaban J connectivity index is 3.36. The van der Waals surface area contributed by atoms with Crippen molar-refractivity contribution >= 4 is 0 Å². The molecule has 0 radical (unpaired) electrons. The van der Waals surface area contributed by atoms with Crippen LogP contribution in [0.25, 0.3) is 0 Å². The fraction of sp³-hybridized carbons (Fsp3) is 1.00. The van der Waals surface area contributed by atoms with Crippen LogP contribution >= 0.6 is 0 Å². The topological polar surface area (TPSA) is 15.3 Å². The van der Waals surface area contributed by atoms with Crippen LogP contribution in [0.3, 0.4) is 0 Å². The molecule has 92 valence electrons.